The lowest BCUT2D eigenvalue weighted by molar-refractivity contribution is -0.117. The minimum absolute atomic E-state index is 0.0660. The molecule has 1 aromatic rings. The van der Waals surface area contributed by atoms with Crippen molar-refractivity contribution < 1.29 is 18.0 Å². The predicted octanol–water partition coefficient (Wildman–Crippen LogP) is 2.58. The average molecular weight is 264 g/mol. The molecule has 0 heterocycles. The van der Waals surface area contributed by atoms with Gasteiger partial charge >= 0.3 is 5.51 Å². The summed E-state index contributed by atoms with van der Waals surface area (Å²) in [7, 11) is 0. The van der Waals surface area contributed by atoms with E-state index in [-0.39, 0.29) is 22.6 Å². The first-order valence-electron chi connectivity index (χ1n) is 4.70. The smallest absolute Gasteiger partial charge is 0.325 e. The summed E-state index contributed by atoms with van der Waals surface area (Å²) in [6, 6.07) is 4.70. The SMILES string of the molecule is C[C@H](N)C(=O)Nc1ccc(SC(F)(F)F)cc1. The number of hydrogen-bond donors (Lipinski definition) is 2. The molecule has 7 heteroatoms. The molecule has 1 atom stereocenters. The summed E-state index contributed by atoms with van der Waals surface area (Å²) >= 11 is -0.203. The van der Waals surface area contributed by atoms with Gasteiger partial charge in [-0.2, -0.15) is 13.2 Å². The van der Waals surface area contributed by atoms with E-state index in [0.29, 0.717) is 5.69 Å². The van der Waals surface area contributed by atoms with E-state index in [1.807, 2.05) is 0 Å². The molecule has 0 aliphatic heterocycles. The molecule has 0 radical (unpaired) electrons. The normalized spacial score (nSPS) is 13.2. The Bertz CT molecular complexity index is 390. The fourth-order valence-electron chi connectivity index (χ4n) is 0.996. The van der Waals surface area contributed by atoms with Crippen LogP contribution in [0, 0.1) is 0 Å². The number of anilines is 1. The molecule has 1 amide bonds. The van der Waals surface area contributed by atoms with Crippen LogP contribution in [0.2, 0.25) is 0 Å². The van der Waals surface area contributed by atoms with Gasteiger partial charge in [0.1, 0.15) is 0 Å². The molecule has 3 nitrogen and oxygen atoms in total. The molecule has 17 heavy (non-hydrogen) atoms. The van der Waals surface area contributed by atoms with Crippen molar-refractivity contribution in [2.75, 3.05) is 5.32 Å². The summed E-state index contributed by atoms with van der Waals surface area (Å²) < 4.78 is 36.1. The summed E-state index contributed by atoms with van der Waals surface area (Å²) in [6.45, 7) is 1.52. The molecule has 0 bridgehead atoms. The summed E-state index contributed by atoms with van der Waals surface area (Å²) in [4.78, 5) is 11.3. The van der Waals surface area contributed by atoms with Crippen molar-refractivity contribution in [3.63, 3.8) is 0 Å². The van der Waals surface area contributed by atoms with Crippen LogP contribution in [0.4, 0.5) is 18.9 Å². The van der Waals surface area contributed by atoms with Gasteiger partial charge in [-0.3, -0.25) is 4.79 Å². The maximum absolute atomic E-state index is 12.0. The fraction of sp³-hybridized carbons (Fsp3) is 0.300. The highest BCUT2D eigenvalue weighted by atomic mass is 32.2. The van der Waals surface area contributed by atoms with Crippen LogP contribution < -0.4 is 11.1 Å². The van der Waals surface area contributed by atoms with Crippen molar-refractivity contribution in [3.8, 4) is 0 Å². The van der Waals surface area contributed by atoms with Gasteiger partial charge in [0.2, 0.25) is 5.91 Å². The number of nitrogens with two attached hydrogens (primary N) is 1. The van der Waals surface area contributed by atoms with Gasteiger partial charge in [0.15, 0.2) is 0 Å². The predicted molar refractivity (Wildman–Crippen MR) is 60.6 cm³/mol. The van der Waals surface area contributed by atoms with Crippen LogP contribution in [0.5, 0.6) is 0 Å². The Balaban J connectivity index is 2.65. The van der Waals surface area contributed by atoms with E-state index < -0.39 is 11.6 Å². The molecule has 0 saturated carbocycles. The van der Waals surface area contributed by atoms with Crippen LogP contribution in [0.15, 0.2) is 29.2 Å². The first-order chi connectivity index (χ1) is 7.78. The molecule has 94 valence electrons. The largest absolute Gasteiger partial charge is 0.446 e. The minimum atomic E-state index is -4.31. The van der Waals surface area contributed by atoms with Crippen LogP contribution in [0.1, 0.15) is 6.92 Å². The van der Waals surface area contributed by atoms with Gasteiger partial charge in [0, 0.05) is 10.6 Å². The van der Waals surface area contributed by atoms with Gasteiger partial charge in [-0.25, -0.2) is 0 Å². The maximum Gasteiger partial charge on any atom is 0.446 e. The second kappa shape index (κ2) is 5.42. The second-order valence-electron chi connectivity index (χ2n) is 3.35. The molecule has 0 spiro atoms. The number of hydrogen-bond acceptors (Lipinski definition) is 3. The number of amides is 1. The summed E-state index contributed by atoms with van der Waals surface area (Å²) in [5.74, 6) is -0.388. The highest BCUT2D eigenvalue weighted by molar-refractivity contribution is 8.00. The molecule has 0 saturated heterocycles. The number of benzene rings is 1. The van der Waals surface area contributed by atoms with Gasteiger partial charge in [-0.05, 0) is 43.0 Å². The Labute approximate surface area is 101 Å². The molecule has 0 aliphatic rings. The lowest BCUT2D eigenvalue weighted by Crippen LogP contribution is -2.32. The van der Waals surface area contributed by atoms with Crippen molar-refractivity contribution in [1.82, 2.24) is 0 Å². The molecular formula is C10H11F3N2OS. The molecule has 1 rings (SSSR count). The fourth-order valence-corrected chi connectivity index (χ4v) is 1.54. The van der Waals surface area contributed by atoms with Gasteiger partial charge in [0.05, 0.1) is 6.04 Å². The van der Waals surface area contributed by atoms with Crippen molar-refractivity contribution in [2.24, 2.45) is 5.73 Å². The van der Waals surface area contributed by atoms with Crippen molar-refractivity contribution in [1.29, 1.82) is 0 Å². The molecule has 1 aromatic carbocycles. The number of nitrogens with one attached hydrogen (secondary N) is 1. The molecule has 0 aromatic heterocycles. The Morgan fingerprint density at radius 1 is 1.35 bits per heavy atom. The Kier molecular flexibility index (Phi) is 4.41. The second-order valence-corrected chi connectivity index (χ2v) is 4.49. The Morgan fingerprint density at radius 2 is 1.88 bits per heavy atom. The van der Waals surface area contributed by atoms with Crippen LogP contribution >= 0.6 is 11.8 Å². The Morgan fingerprint density at radius 3 is 2.29 bits per heavy atom. The third kappa shape index (κ3) is 5.10. The van der Waals surface area contributed by atoms with Crippen molar-refractivity contribution >= 4 is 23.4 Å². The molecule has 0 unspecified atom stereocenters. The van der Waals surface area contributed by atoms with E-state index in [2.05, 4.69) is 5.32 Å². The van der Waals surface area contributed by atoms with Crippen molar-refractivity contribution in [2.45, 2.75) is 23.4 Å². The van der Waals surface area contributed by atoms with Gasteiger partial charge in [-0.1, -0.05) is 0 Å². The lowest BCUT2D eigenvalue weighted by Gasteiger charge is -2.09. The number of carbonyl (C=O) groups excluding carboxylic acids is 1. The number of rotatable bonds is 3. The highest BCUT2D eigenvalue weighted by Gasteiger charge is 2.29. The lowest BCUT2D eigenvalue weighted by atomic mass is 10.3. The van der Waals surface area contributed by atoms with Crippen molar-refractivity contribution in [3.05, 3.63) is 24.3 Å². The van der Waals surface area contributed by atoms with Crippen LogP contribution in [0.3, 0.4) is 0 Å². The van der Waals surface area contributed by atoms with Gasteiger partial charge < -0.3 is 11.1 Å². The topological polar surface area (TPSA) is 55.1 Å². The van der Waals surface area contributed by atoms with Gasteiger partial charge in [0.25, 0.3) is 0 Å². The standard InChI is InChI=1S/C10H11F3N2OS/c1-6(14)9(16)15-7-2-4-8(5-3-7)17-10(11,12)13/h2-6H,14H2,1H3,(H,15,16)/t6-/m0/s1. The van der Waals surface area contributed by atoms with Crippen LogP contribution in [-0.2, 0) is 4.79 Å². The first kappa shape index (κ1) is 13.9. The number of carbonyl (C=O) groups is 1. The maximum atomic E-state index is 12.0. The molecular weight excluding hydrogens is 253 g/mol. The van der Waals surface area contributed by atoms with E-state index >= 15 is 0 Å². The average Bonchev–Trinajstić information content (AvgIpc) is 2.18. The van der Waals surface area contributed by atoms with Gasteiger partial charge in [-0.15, -0.1) is 0 Å². The minimum Gasteiger partial charge on any atom is -0.325 e. The highest BCUT2D eigenvalue weighted by Crippen LogP contribution is 2.36. The third-order valence-corrected chi connectivity index (χ3v) is 2.51. The number of alkyl halides is 3. The summed E-state index contributed by atoms with van der Waals surface area (Å²) in [5, 5.41) is 2.48. The number of halogens is 3. The van der Waals surface area contributed by atoms with E-state index in [0.717, 1.165) is 0 Å². The first-order valence-corrected chi connectivity index (χ1v) is 5.52. The van der Waals surface area contributed by atoms with Crippen LogP contribution in [0.25, 0.3) is 0 Å². The van der Waals surface area contributed by atoms with E-state index in [9.17, 15) is 18.0 Å². The zero-order chi connectivity index (χ0) is 13.1. The molecule has 0 fully saturated rings. The van der Waals surface area contributed by atoms with E-state index in [4.69, 9.17) is 5.73 Å². The quantitative estimate of drug-likeness (QED) is 0.825. The molecule has 0 aliphatic carbocycles. The zero-order valence-electron chi connectivity index (χ0n) is 8.91. The van der Waals surface area contributed by atoms with E-state index in [1.165, 1.54) is 31.2 Å². The Hall–Kier alpha value is -1.21. The van der Waals surface area contributed by atoms with E-state index in [1.54, 1.807) is 0 Å². The third-order valence-electron chi connectivity index (χ3n) is 1.77. The number of thioether (sulfide) groups is 1. The zero-order valence-corrected chi connectivity index (χ0v) is 9.73. The summed E-state index contributed by atoms with van der Waals surface area (Å²) in [6.07, 6.45) is 0. The van der Waals surface area contributed by atoms with Crippen LogP contribution in [-0.4, -0.2) is 17.5 Å². The summed E-state index contributed by atoms with van der Waals surface area (Å²) in [5.41, 5.74) is 1.44. The monoisotopic (exact) mass is 264 g/mol. The molecule has 3 N–H and O–H groups in total.